The van der Waals surface area contributed by atoms with Gasteiger partial charge in [-0.25, -0.2) is 4.79 Å². The van der Waals surface area contributed by atoms with E-state index in [4.69, 9.17) is 9.47 Å². The molecule has 2 amide bonds. The predicted octanol–water partition coefficient (Wildman–Crippen LogP) is 4.24. The SMILES string of the molecule is COC(=O)CCC1CCC(N(C)C(=O)c2nnc(C3CCN(C(=O)OC(C)(C)C)CC3)s2)CC1. The van der Waals surface area contributed by atoms with Gasteiger partial charge in [0.1, 0.15) is 10.6 Å². The van der Waals surface area contributed by atoms with Gasteiger partial charge in [-0.05, 0) is 71.6 Å². The monoisotopic (exact) mass is 494 g/mol. The van der Waals surface area contributed by atoms with Crippen molar-refractivity contribution in [2.75, 3.05) is 27.2 Å². The van der Waals surface area contributed by atoms with Gasteiger partial charge in [0.2, 0.25) is 5.01 Å². The van der Waals surface area contributed by atoms with E-state index in [1.807, 2.05) is 32.7 Å². The molecule has 10 heteroatoms. The normalized spacial score (nSPS) is 21.7. The van der Waals surface area contributed by atoms with Crippen LogP contribution < -0.4 is 0 Å². The molecule has 1 saturated heterocycles. The van der Waals surface area contributed by atoms with E-state index in [-0.39, 0.29) is 29.9 Å². The average Bonchev–Trinajstić information content (AvgIpc) is 3.31. The number of carbonyl (C=O) groups excluding carboxylic acids is 3. The van der Waals surface area contributed by atoms with Crippen LogP contribution in [-0.2, 0) is 14.3 Å². The van der Waals surface area contributed by atoms with Crippen molar-refractivity contribution in [2.24, 2.45) is 5.92 Å². The van der Waals surface area contributed by atoms with Gasteiger partial charge in [-0.1, -0.05) is 11.3 Å². The van der Waals surface area contributed by atoms with Crippen LogP contribution in [0.1, 0.15) is 92.9 Å². The quantitative estimate of drug-likeness (QED) is 0.545. The Morgan fingerprint density at radius 1 is 1.06 bits per heavy atom. The van der Waals surface area contributed by atoms with E-state index in [2.05, 4.69) is 10.2 Å². The molecule has 0 aromatic carbocycles. The van der Waals surface area contributed by atoms with Crippen LogP contribution in [0, 0.1) is 5.92 Å². The molecule has 1 aromatic heterocycles. The van der Waals surface area contributed by atoms with Gasteiger partial charge in [0.15, 0.2) is 0 Å². The van der Waals surface area contributed by atoms with Crippen LogP contribution in [0.2, 0.25) is 0 Å². The van der Waals surface area contributed by atoms with Gasteiger partial charge in [0.25, 0.3) is 5.91 Å². The van der Waals surface area contributed by atoms with Crippen molar-refractivity contribution in [1.82, 2.24) is 20.0 Å². The number of nitrogens with zero attached hydrogens (tertiary/aromatic N) is 4. The molecule has 0 radical (unpaired) electrons. The number of ether oxygens (including phenoxy) is 2. The molecule has 190 valence electrons. The van der Waals surface area contributed by atoms with Crippen molar-refractivity contribution in [3.05, 3.63) is 10.0 Å². The molecule has 2 aliphatic rings. The number of carbonyl (C=O) groups is 3. The molecule has 3 rings (SSSR count). The van der Waals surface area contributed by atoms with Crippen molar-refractivity contribution in [1.29, 1.82) is 0 Å². The Hall–Kier alpha value is -2.23. The summed E-state index contributed by atoms with van der Waals surface area (Å²) in [5.41, 5.74) is -0.503. The van der Waals surface area contributed by atoms with Crippen molar-refractivity contribution >= 4 is 29.3 Å². The van der Waals surface area contributed by atoms with Crippen molar-refractivity contribution in [3.8, 4) is 0 Å². The highest BCUT2D eigenvalue weighted by Gasteiger charge is 2.32. The molecular formula is C24H38N4O5S. The third-order valence-electron chi connectivity index (χ3n) is 6.79. The second-order valence-corrected chi connectivity index (χ2v) is 11.4. The molecule has 0 bridgehead atoms. The van der Waals surface area contributed by atoms with Crippen LogP contribution in [0.3, 0.4) is 0 Å². The van der Waals surface area contributed by atoms with E-state index in [0.717, 1.165) is 50.0 Å². The number of hydrogen-bond donors (Lipinski definition) is 0. The zero-order valence-corrected chi connectivity index (χ0v) is 21.9. The lowest BCUT2D eigenvalue weighted by atomic mass is 9.83. The lowest BCUT2D eigenvalue weighted by molar-refractivity contribution is -0.141. The van der Waals surface area contributed by atoms with E-state index >= 15 is 0 Å². The Kier molecular flexibility index (Phi) is 8.89. The number of amides is 2. The molecule has 9 nitrogen and oxygen atoms in total. The topological polar surface area (TPSA) is 102 Å². The summed E-state index contributed by atoms with van der Waals surface area (Å²) in [6.45, 7) is 6.82. The lowest BCUT2D eigenvalue weighted by Crippen LogP contribution is -2.41. The highest BCUT2D eigenvalue weighted by Crippen LogP contribution is 2.33. The summed E-state index contributed by atoms with van der Waals surface area (Å²) in [4.78, 5) is 40.3. The smallest absolute Gasteiger partial charge is 0.410 e. The maximum absolute atomic E-state index is 13.1. The molecule has 0 atom stereocenters. The number of rotatable bonds is 6. The van der Waals surface area contributed by atoms with E-state index in [0.29, 0.717) is 30.4 Å². The van der Waals surface area contributed by atoms with E-state index < -0.39 is 5.60 Å². The lowest BCUT2D eigenvalue weighted by Gasteiger charge is -2.34. The van der Waals surface area contributed by atoms with Crippen LogP contribution in [0.4, 0.5) is 4.79 Å². The van der Waals surface area contributed by atoms with Gasteiger partial charge in [0.05, 0.1) is 7.11 Å². The van der Waals surface area contributed by atoms with Crippen LogP contribution in [0.5, 0.6) is 0 Å². The third-order valence-corrected chi connectivity index (χ3v) is 7.86. The first-order valence-electron chi connectivity index (χ1n) is 12.2. The zero-order valence-electron chi connectivity index (χ0n) is 21.0. The minimum atomic E-state index is -0.503. The summed E-state index contributed by atoms with van der Waals surface area (Å²) in [6, 6.07) is 0.186. The Labute approximate surface area is 206 Å². The molecule has 2 fully saturated rings. The van der Waals surface area contributed by atoms with Crippen molar-refractivity contribution in [3.63, 3.8) is 0 Å². The minimum Gasteiger partial charge on any atom is -0.469 e. The zero-order chi connectivity index (χ0) is 24.9. The fourth-order valence-electron chi connectivity index (χ4n) is 4.68. The van der Waals surface area contributed by atoms with Gasteiger partial charge in [-0.2, -0.15) is 0 Å². The summed E-state index contributed by atoms with van der Waals surface area (Å²) < 4.78 is 10.2. The number of piperidine rings is 1. The summed E-state index contributed by atoms with van der Waals surface area (Å²) >= 11 is 1.37. The van der Waals surface area contributed by atoms with Crippen LogP contribution in [0.15, 0.2) is 0 Å². The third kappa shape index (κ3) is 7.13. The van der Waals surface area contributed by atoms with E-state index in [1.54, 1.807) is 4.90 Å². The fraction of sp³-hybridized carbons (Fsp3) is 0.792. The number of methoxy groups -OCH3 is 1. The molecule has 1 aliphatic heterocycles. The second-order valence-electron chi connectivity index (χ2n) is 10.4. The van der Waals surface area contributed by atoms with Gasteiger partial charge in [-0.3, -0.25) is 9.59 Å². The Morgan fingerprint density at radius 3 is 2.29 bits per heavy atom. The molecule has 0 N–H and O–H groups in total. The minimum absolute atomic E-state index is 0.0760. The standard InChI is InChI=1S/C24H38N4O5S/c1-24(2,3)33-23(31)28-14-12-17(13-15-28)20-25-26-21(34-20)22(30)27(4)18-9-6-16(7-10-18)8-11-19(29)32-5/h16-18H,6-15H2,1-5H3. The summed E-state index contributed by atoms with van der Waals surface area (Å²) in [6.07, 6.45) is 6.50. The van der Waals surface area contributed by atoms with Crippen molar-refractivity contribution in [2.45, 2.75) is 89.7 Å². The van der Waals surface area contributed by atoms with Gasteiger partial charge >= 0.3 is 12.1 Å². The molecule has 1 saturated carbocycles. The molecule has 34 heavy (non-hydrogen) atoms. The predicted molar refractivity (Wildman–Crippen MR) is 129 cm³/mol. The highest BCUT2D eigenvalue weighted by molar-refractivity contribution is 7.13. The van der Waals surface area contributed by atoms with Gasteiger partial charge in [0, 0.05) is 38.5 Å². The maximum atomic E-state index is 13.1. The first-order chi connectivity index (χ1) is 16.1. The molecule has 0 unspecified atom stereocenters. The average molecular weight is 495 g/mol. The molecule has 1 aromatic rings. The summed E-state index contributed by atoms with van der Waals surface area (Å²) in [7, 11) is 3.27. The van der Waals surface area contributed by atoms with Gasteiger partial charge in [-0.15, -0.1) is 10.2 Å². The fourth-order valence-corrected chi connectivity index (χ4v) is 5.68. The van der Waals surface area contributed by atoms with Crippen LogP contribution in [-0.4, -0.2) is 76.9 Å². The molecule has 1 aliphatic carbocycles. The van der Waals surface area contributed by atoms with E-state index in [1.165, 1.54) is 18.4 Å². The van der Waals surface area contributed by atoms with E-state index in [9.17, 15) is 14.4 Å². The number of hydrogen-bond acceptors (Lipinski definition) is 8. The van der Waals surface area contributed by atoms with Gasteiger partial charge < -0.3 is 19.3 Å². The molecule has 2 heterocycles. The first kappa shape index (κ1) is 26.4. The maximum Gasteiger partial charge on any atom is 0.410 e. The number of esters is 1. The Balaban J connectivity index is 1.47. The number of likely N-dealkylation sites (tertiary alicyclic amines) is 1. The number of aromatic nitrogens is 2. The second kappa shape index (κ2) is 11.5. The van der Waals surface area contributed by atoms with Crippen LogP contribution in [0.25, 0.3) is 0 Å². The highest BCUT2D eigenvalue weighted by atomic mass is 32.1. The largest absolute Gasteiger partial charge is 0.469 e. The van der Waals surface area contributed by atoms with Crippen molar-refractivity contribution < 1.29 is 23.9 Å². The van der Waals surface area contributed by atoms with Crippen LogP contribution >= 0.6 is 11.3 Å². The molecule has 0 spiro atoms. The first-order valence-corrected chi connectivity index (χ1v) is 13.0. The molecular weight excluding hydrogens is 456 g/mol. The Morgan fingerprint density at radius 2 is 1.71 bits per heavy atom. The summed E-state index contributed by atoms with van der Waals surface area (Å²) in [5, 5.41) is 9.82. The summed E-state index contributed by atoms with van der Waals surface area (Å²) in [5.74, 6) is 0.483. The Bertz CT molecular complexity index is 852.